The standard InChI is InChI=1S/C22H25NO7S/c1-28-17-9-10-21(29-2)19(14-17)20(24)15-30-22(25)16-7-6-8-18(13-16)31(26,27)23-11-4-3-5-12-23/h6-10,13-14H,3-5,11-12,15H2,1-2H3. The third-order valence-electron chi connectivity index (χ3n) is 5.06. The Morgan fingerprint density at radius 3 is 2.39 bits per heavy atom. The van der Waals surface area contributed by atoms with Gasteiger partial charge in [0.15, 0.2) is 6.61 Å². The van der Waals surface area contributed by atoms with Crippen LogP contribution in [-0.4, -0.2) is 58.4 Å². The van der Waals surface area contributed by atoms with Gasteiger partial charge in [-0.1, -0.05) is 12.5 Å². The van der Waals surface area contributed by atoms with Crippen molar-refractivity contribution in [2.24, 2.45) is 0 Å². The van der Waals surface area contributed by atoms with Gasteiger partial charge in [-0.15, -0.1) is 0 Å². The summed E-state index contributed by atoms with van der Waals surface area (Å²) in [4.78, 5) is 25.1. The fourth-order valence-electron chi connectivity index (χ4n) is 3.36. The van der Waals surface area contributed by atoms with Gasteiger partial charge in [0.1, 0.15) is 11.5 Å². The third kappa shape index (κ3) is 5.23. The second-order valence-electron chi connectivity index (χ2n) is 7.06. The molecule has 1 aliphatic heterocycles. The second kappa shape index (κ2) is 9.93. The zero-order valence-corrected chi connectivity index (χ0v) is 18.3. The number of sulfonamides is 1. The maximum absolute atomic E-state index is 12.8. The highest BCUT2D eigenvalue weighted by molar-refractivity contribution is 7.89. The predicted octanol–water partition coefficient (Wildman–Crippen LogP) is 2.92. The van der Waals surface area contributed by atoms with Gasteiger partial charge in [0.2, 0.25) is 15.8 Å². The molecule has 3 rings (SSSR count). The summed E-state index contributed by atoms with van der Waals surface area (Å²) >= 11 is 0. The zero-order chi connectivity index (χ0) is 22.4. The van der Waals surface area contributed by atoms with E-state index in [-0.39, 0.29) is 16.0 Å². The van der Waals surface area contributed by atoms with Crippen LogP contribution in [0.4, 0.5) is 0 Å². The lowest BCUT2D eigenvalue weighted by Crippen LogP contribution is -2.35. The second-order valence-corrected chi connectivity index (χ2v) is 9.00. The summed E-state index contributed by atoms with van der Waals surface area (Å²) < 4.78 is 42.5. The molecule has 0 radical (unpaired) electrons. The lowest BCUT2D eigenvalue weighted by atomic mass is 10.1. The minimum Gasteiger partial charge on any atom is -0.497 e. The molecule has 0 aromatic heterocycles. The van der Waals surface area contributed by atoms with Crippen LogP contribution in [0.3, 0.4) is 0 Å². The van der Waals surface area contributed by atoms with Gasteiger partial charge in [-0.3, -0.25) is 4.79 Å². The molecule has 0 aliphatic carbocycles. The number of esters is 1. The number of hydrogen-bond acceptors (Lipinski definition) is 7. The largest absolute Gasteiger partial charge is 0.497 e. The van der Waals surface area contributed by atoms with Crippen LogP contribution >= 0.6 is 0 Å². The van der Waals surface area contributed by atoms with E-state index in [1.165, 1.54) is 48.9 Å². The summed E-state index contributed by atoms with van der Waals surface area (Å²) in [5.74, 6) is -0.463. The van der Waals surface area contributed by atoms with Crippen LogP contribution in [-0.2, 0) is 14.8 Å². The van der Waals surface area contributed by atoms with E-state index in [1.807, 2.05) is 0 Å². The Hall–Kier alpha value is -2.91. The Kier molecular flexibility index (Phi) is 7.29. The van der Waals surface area contributed by atoms with Crippen molar-refractivity contribution in [3.8, 4) is 11.5 Å². The molecule has 2 aromatic carbocycles. The molecule has 0 unspecified atom stereocenters. The summed E-state index contributed by atoms with van der Waals surface area (Å²) in [5.41, 5.74) is 0.277. The number of ether oxygens (including phenoxy) is 3. The number of ketones is 1. The Labute approximate surface area is 181 Å². The van der Waals surface area contributed by atoms with Gasteiger partial charge in [-0.25, -0.2) is 13.2 Å². The van der Waals surface area contributed by atoms with E-state index >= 15 is 0 Å². The highest BCUT2D eigenvalue weighted by Crippen LogP contribution is 2.25. The molecule has 0 bridgehead atoms. The average molecular weight is 448 g/mol. The Bertz CT molecular complexity index is 1060. The van der Waals surface area contributed by atoms with Crippen molar-refractivity contribution in [2.75, 3.05) is 33.9 Å². The van der Waals surface area contributed by atoms with E-state index in [9.17, 15) is 18.0 Å². The van der Waals surface area contributed by atoms with Crippen molar-refractivity contribution in [3.05, 3.63) is 53.6 Å². The van der Waals surface area contributed by atoms with Gasteiger partial charge < -0.3 is 14.2 Å². The molecule has 8 nitrogen and oxygen atoms in total. The van der Waals surface area contributed by atoms with Crippen molar-refractivity contribution in [1.29, 1.82) is 0 Å². The lowest BCUT2D eigenvalue weighted by molar-refractivity contribution is 0.0473. The average Bonchev–Trinajstić information content (AvgIpc) is 2.82. The van der Waals surface area contributed by atoms with Gasteiger partial charge in [-0.05, 0) is 49.2 Å². The molecule has 1 saturated heterocycles. The van der Waals surface area contributed by atoms with Gasteiger partial charge in [0, 0.05) is 13.1 Å². The monoisotopic (exact) mass is 447 g/mol. The SMILES string of the molecule is COc1ccc(OC)c(C(=O)COC(=O)c2cccc(S(=O)(=O)N3CCCCC3)c2)c1. The summed E-state index contributed by atoms with van der Waals surface area (Å²) in [7, 11) is -0.778. The van der Waals surface area contributed by atoms with Crippen LogP contribution in [0.15, 0.2) is 47.4 Å². The van der Waals surface area contributed by atoms with Crippen LogP contribution in [0.5, 0.6) is 11.5 Å². The minimum atomic E-state index is -3.68. The highest BCUT2D eigenvalue weighted by atomic mass is 32.2. The molecular formula is C22H25NO7S. The van der Waals surface area contributed by atoms with Crippen molar-refractivity contribution < 1.29 is 32.2 Å². The first kappa shape index (κ1) is 22.8. The summed E-state index contributed by atoms with van der Waals surface area (Å²) in [6.45, 7) is 0.410. The maximum atomic E-state index is 12.8. The molecule has 31 heavy (non-hydrogen) atoms. The molecular weight excluding hydrogens is 422 g/mol. The van der Waals surface area contributed by atoms with E-state index < -0.39 is 28.4 Å². The Morgan fingerprint density at radius 1 is 0.968 bits per heavy atom. The van der Waals surface area contributed by atoms with Gasteiger partial charge >= 0.3 is 5.97 Å². The molecule has 0 atom stereocenters. The van der Waals surface area contributed by atoms with E-state index in [2.05, 4.69) is 0 Å². The maximum Gasteiger partial charge on any atom is 0.338 e. The van der Waals surface area contributed by atoms with Crippen molar-refractivity contribution >= 4 is 21.8 Å². The molecule has 0 spiro atoms. The molecule has 1 heterocycles. The topological polar surface area (TPSA) is 99.2 Å². The number of benzene rings is 2. The zero-order valence-electron chi connectivity index (χ0n) is 17.5. The normalized spacial score (nSPS) is 14.6. The number of carbonyl (C=O) groups is 2. The van der Waals surface area contributed by atoms with Crippen LogP contribution in [0.25, 0.3) is 0 Å². The van der Waals surface area contributed by atoms with Crippen LogP contribution < -0.4 is 9.47 Å². The number of carbonyl (C=O) groups excluding carboxylic acids is 2. The van der Waals surface area contributed by atoms with Crippen LogP contribution in [0.2, 0.25) is 0 Å². The predicted molar refractivity (Wildman–Crippen MR) is 113 cm³/mol. The summed E-state index contributed by atoms with van der Waals surface area (Å²) in [6.07, 6.45) is 2.64. The Balaban J connectivity index is 1.72. The molecule has 0 amide bonds. The van der Waals surface area contributed by atoms with E-state index in [0.717, 1.165) is 19.3 Å². The molecule has 1 fully saturated rings. The van der Waals surface area contributed by atoms with Crippen molar-refractivity contribution in [2.45, 2.75) is 24.2 Å². The van der Waals surface area contributed by atoms with Gasteiger partial charge in [0.25, 0.3) is 0 Å². The van der Waals surface area contributed by atoms with E-state index in [0.29, 0.717) is 24.6 Å². The van der Waals surface area contributed by atoms with E-state index in [4.69, 9.17) is 14.2 Å². The molecule has 1 aliphatic rings. The van der Waals surface area contributed by atoms with Gasteiger partial charge in [-0.2, -0.15) is 4.31 Å². The number of nitrogens with zero attached hydrogens (tertiary/aromatic N) is 1. The quantitative estimate of drug-likeness (QED) is 0.453. The Morgan fingerprint density at radius 2 is 1.71 bits per heavy atom. The number of piperidine rings is 1. The van der Waals surface area contributed by atoms with Crippen molar-refractivity contribution in [1.82, 2.24) is 4.31 Å². The number of rotatable bonds is 8. The first-order valence-electron chi connectivity index (χ1n) is 9.89. The third-order valence-corrected chi connectivity index (χ3v) is 6.96. The molecule has 0 N–H and O–H groups in total. The first-order chi connectivity index (χ1) is 14.9. The molecule has 9 heteroatoms. The fourth-order valence-corrected chi connectivity index (χ4v) is 4.93. The lowest BCUT2D eigenvalue weighted by Gasteiger charge is -2.25. The van der Waals surface area contributed by atoms with E-state index in [1.54, 1.807) is 12.1 Å². The summed E-state index contributed by atoms with van der Waals surface area (Å²) in [5, 5.41) is 0. The van der Waals surface area contributed by atoms with Gasteiger partial charge in [0.05, 0.1) is 30.2 Å². The first-order valence-corrected chi connectivity index (χ1v) is 11.3. The number of Topliss-reactive ketones (excluding diaryl/α,β-unsaturated/α-hetero) is 1. The van der Waals surface area contributed by atoms with Crippen LogP contribution in [0.1, 0.15) is 40.0 Å². The van der Waals surface area contributed by atoms with Crippen molar-refractivity contribution in [3.63, 3.8) is 0 Å². The minimum absolute atomic E-state index is 0.0321. The smallest absolute Gasteiger partial charge is 0.338 e. The summed E-state index contributed by atoms with van der Waals surface area (Å²) in [6, 6.07) is 10.4. The highest BCUT2D eigenvalue weighted by Gasteiger charge is 2.27. The number of hydrogen-bond donors (Lipinski definition) is 0. The molecule has 0 saturated carbocycles. The molecule has 166 valence electrons. The molecule has 2 aromatic rings. The fraction of sp³-hybridized carbons (Fsp3) is 0.364. The van der Waals surface area contributed by atoms with Crippen LogP contribution in [0, 0.1) is 0 Å². The number of methoxy groups -OCH3 is 2.